The second kappa shape index (κ2) is 8.64. The highest BCUT2D eigenvalue weighted by atomic mass is 79.9. The Bertz CT molecular complexity index is 608. The van der Waals surface area contributed by atoms with E-state index in [4.69, 9.17) is 22.1 Å². The molecule has 2 rings (SSSR count). The van der Waals surface area contributed by atoms with Gasteiger partial charge in [-0.3, -0.25) is 4.79 Å². The van der Waals surface area contributed by atoms with Crippen LogP contribution in [0.3, 0.4) is 0 Å². The van der Waals surface area contributed by atoms with Crippen LogP contribution < -0.4 is 15.4 Å². The third-order valence-electron chi connectivity index (χ3n) is 2.73. The molecule has 1 heterocycles. The number of carbonyl (C=O) groups excluding carboxylic acids is 1. The predicted molar refractivity (Wildman–Crippen MR) is 95.9 cm³/mol. The van der Waals surface area contributed by atoms with Crippen LogP contribution in [-0.4, -0.2) is 41.6 Å². The third kappa shape index (κ3) is 5.06. The Balaban J connectivity index is 2.09. The molecular weight excluding hydrogens is 388 g/mol. The van der Waals surface area contributed by atoms with Crippen molar-refractivity contribution in [1.29, 1.82) is 0 Å². The van der Waals surface area contributed by atoms with Crippen LogP contribution in [0.4, 0.5) is 0 Å². The first-order chi connectivity index (χ1) is 10.6. The lowest BCUT2D eigenvalue weighted by Gasteiger charge is -2.10. The van der Waals surface area contributed by atoms with Crippen molar-refractivity contribution in [3.63, 3.8) is 0 Å². The molecule has 1 saturated heterocycles. The SMILES string of the molecule is O=C1NC(=S)S/C1=C\c1cc(Br)ccc1OCCNCCO. The smallest absolute Gasteiger partial charge is 0.263 e. The summed E-state index contributed by atoms with van der Waals surface area (Å²) in [6.07, 6.45) is 1.76. The van der Waals surface area contributed by atoms with E-state index < -0.39 is 0 Å². The fourth-order valence-corrected chi connectivity index (χ4v) is 3.18. The largest absolute Gasteiger partial charge is 0.492 e. The maximum Gasteiger partial charge on any atom is 0.263 e. The molecule has 0 unspecified atom stereocenters. The van der Waals surface area contributed by atoms with Crippen molar-refractivity contribution >= 4 is 56.2 Å². The molecular formula is C14H15BrN2O3S2. The number of aliphatic hydroxyl groups is 1. The Morgan fingerprint density at radius 3 is 2.95 bits per heavy atom. The van der Waals surface area contributed by atoms with Gasteiger partial charge in [-0.1, -0.05) is 39.9 Å². The molecule has 1 aliphatic rings. The van der Waals surface area contributed by atoms with Gasteiger partial charge in [-0.25, -0.2) is 0 Å². The number of hydrogen-bond acceptors (Lipinski definition) is 6. The first-order valence-corrected chi connectivity index (χ1v) is 8.60. The summed E-state index contributed by atoms with van der Waals surface area (Å²) in [6, 6.07) is 5.61. The van der Waals surface area contributed by atoms with Crippen LogP contribution in [0.2, 0.25) is 0 Å². The number of carbonyl (C=O) groups is 1. The van der Waals surface area contributed by atoms with E-state index in [0.717, 1.165) is 10.0 Å². The minimum Gasteiger partial charge on any atom is -0.492 e. The number of hydrogen-bond donors (Lipinski definition) is 3. The van der Waals surface area contributed by atoms with E-state index in [2.05, 4.69) is 26.6 Å². The second-order valence-electron chi connectivity index (χ2n) is 4.36. The molecule has 0 saturated carbocycles. The molecule has 0 aliphatic carbocycles. The Morgan fingerprint density at radius 2 is 2.27 bits per heavy atom. The van der Waals surface area contributed by atoms with E-state index in [1.165, 1.54) is 11.8 Å². The average Bonchev–Trinajstić information content (AvgIpc) is 2.79. The molecule has 1 aliphatic heterocycles. The third-order valence-corrected chi connectivity index (χ3v) is 4.38. The number of nitrogens with one attached hydrogen (secondary N) is 2. The number of rotatable bonds is 7. The molecule has 0 radical (unpaired) electrons. The molecule has 1 aromatic carbocycles. The van der Waals surface area contributed by atoms with Crippen LogP contribution >= 0.6 is 39.9 Å². The van der Waals surface area contributed by atoms with Gasteiger partial charge in [-0.2, -0.15) is 0 Å². The van der Waals surface area contributed by atoms with Crippen molar-refractivity contribution < 1.29 is 14.6 Å². The summed E-state index contributed by atoms with van der Waals surface area (Å²) >= 11 is 9.64. The lowest BCUT2D eigenvalue weighted by atomic mass is 10.2. The molecule has 3 N–H and O–H groups in total. The molecule has 5 nitrogen and oxygen atoms in total. The van der Waals surface area contributed by atoms with Gasteiger partial charge in [0, 0.05) is 23.1 Å². The molecule has 0 bridgehead atoms. The first kappa shape index (κ1) is 17.4. The van der Waals surface area contributed by atoms with Gasteiger partial charge >= 0.3 is 0 Å². The topological polar surface area (TPSA) is 70.6 Å². The fraction of sp³-hybridized carbons (Fsp3) is 0.286. The number of aliphatic hydroxyl groups excluding tert-OH is 1. The standard InChI is InChI=1S/C14H15BrN2O3S2/c15-10-1-2-11(20-6-4-16-3-5-18)9(7-10)8-12-13(19)17-14(21)22-12/h1-2,7-8,16,18H,3-6H2,(H,17,19,21)/b12-8-. The van der Waals surface area contributed by atoms with Crippen molar-refractivity contribution in [3.8, 4) is 5.75 Å². The number of thiocarbonyl (C=S) groups is 1. The van der Waals surface area contributed by atoms with Crippen molar-refractivity contribution in [2.24, 2.45) is 0 Å². The van der Waals surface area contributed by atoms with E-state index in [9.17, 15) is 4.79 Å². The normalized spacial score (nSPS) is 16.2. The molecule has 1 aromatic rings. The van der Waals surface area contributed by atoms with Crippen molar-refractivity contribution in [2.45, 2.75) is 0 Å². The number of halogens is 1. The molecule has 1 amide bonds. The Kier molecular flexibility index (Phi) is 6.84. The average molecular weight is 403 g/mol. The molecule has 22 heavy (non-hydrogen) atoms. The highest BCUT2D eigenvalue weighted by Gasteiger charge is 2.22. The van der Waals surface area contributed by atoms with Gasteiger partial charge in [0.25, 0.3) is 5.91 Å². The minimum absolute atomic E-state index is 0.0991. The zero-order chi connectivity index (χ0) is 15.9. The summed E-state index contributed by atoms with van der Waals surface area (Å²) in [5.41, 5.74) is 0.805. The Morgan fingerprint density at radius 1 is 1.45 bits per heavy atom. The van der Waals surface area contributed by atoms with Gasteiger partial charge in [-0.15, -0.1) is 0 Å². The second-order valence-corrected chi connectivity index (χ2v) is 6.99. The number of thioether (sulfide) groups is 1. The van der Waals surface area contributed by atoms with Gasteiger partial charge in [0.05, 0.1) is 11.5 Å². The van der Waals surface area contributed by atoms with Crippen LogP contribution in [0.1, 0.15) is 5.56 Å². The van der Waals surface area contributed by atoms with E-state index >= 15 is 0 Å². The summed E-state index contributed by atoms with van der Waals surface area (Å²) < 4.78 is 7.09. The van der Waals surface area contributed by atoms with E-state index in [1.54, 1.807) is 6.08 Å². The van der Waals surface area contributed by atoms with Gasteiger partial charge in [0.2, 0.25) is 0 Å². The summed E-state index contributed by atoms with van der Waals surface area (Å²) in [5.74, 6) is 0.498. The summed E-state index contributed by atoms with van der Waals surface area (Å²) in [7, 11) is 0. The number of amides is 1. The van der Waals surface area contributed by atoms with Crippen LogP contribution in [-0.2, 0) is 4.79 Å². The van der Waals surface area contributed by atoms with Crippen LogP contribution in [0.25, 0.3) is 6.08 Å². The molecule has 118 valence electrons. The molecule has 8 heteroatoms. The fourth-order valence-electron chi connectivity index (χ4n) is 1.76. The number of ether oxygens (including phenoxy) is 1. The van der Waals surface area contributed by atoms with E-state index in [1.807, 2.05) is 18.2 Å². The van der Waals surface area contributed by atoms with Gasteiger partial charge in [-0.05, 0) is 24.3 Å². The van der Waals surface area contributed by atoms with Crippen molar-refractivity contribution in [2.75, 3.05) is 26.3 Å². The van der Waals surface area contributed by atoms with Gasteiger partial charge in [0.1, 0.15) is 16.7 Å². The van der Waals surface area contributed by atoms with Crippen molar-refractivity contribution in [1.82, 2.24) is 10.6 Å². The maximum absolute atomic E-state index is 11.7. The quantitative estimate of drug-likeness (QED) is 0.367. The molecule has 0 aromatic heterocycles. The van der Waals surface area contributed by atoms with Gasteiger partial charge in [0.15, 0.2) is 0 Å². The maximum atomic E-state index is 11.7. The zero-order valence-corrected chi connectivity index (χ0v) is 14.8. The van der Waals surface area contributed by atoms with E-state index in [0.29, 0.717) is 34.7 Å². The molecule has 0 atom stereocenters. The van der Waals surface area contributed by atoms with Crippen molar-refractivity contribution in [3.05, 3.63) is 33.1 Å². The zero-order valence-electron chi connectivity index (χ0n) is 11.6. The lowest BCUT2D eigenvalue weighted by Crippen LogP contribution is -2.24. The first-order valence-electron chi connectivity index (χ1n) is 6.59. The van der Waals surface area contributed by atoms with Crippen LogP contribution in [0.5, 0.6) is 5.75 Å². The molecule has 0 spiro atoms. The Labute approximate surface area is 146 Å². The lowest BCUT2D eigenvalue weighted by molar-refractivity contribution is -0.115. The van der Waals surface area contributed by atoms with E-state index in [-0.39, 0.29) is 12.5 Å². The van der Waals surface area contributed by atoms with Gasteiger partial charge < -0.3 is 20.5 Å². The monoisotopic (exact) mass is 402 g/mol. The predicted octanol–water partition coefficient (Wildman–Crippen LogP) is 1.90. The van der Waals surface area contributed by atoms with Crippen LogP contribution in [0.15, 0.2) is 27.6 Å². The number of benzene rings is 1. The highest BCUT2D eigenvalue weighted by Crippen LogP contribution is 2.31. The minimum atomic E-state index is -0.189. The van der Waals surface area contributed by atoms with Crippen LogP contribution in [0, 0.1) is 0 Å². The Hall–Kier alpha value is -0.930. The summed E-state index contributed by atoms with van der Waals surface area (Å²) in [5, 5.41) is 14.3. The summed E-state index contributed by atoms with van der Waals surface area (Å²) in [4.78, 5) is 12.3. The highest BCUT2D eigenvalue weighted by molar-refractivity contribution is 9.10. The summed E-state index contributed by atoms with van der Waals surface area (Å²) in [6.45, 7) is 1.73. The molecule has 1 fully saturated rings.